The molecule has 4 aromatic rings. The fourth-order valence-electron chi connectivity index (χ4n) is 3.23. The van der Waals surface area contributed by atoms with Crippen LogP contribution in [0.25, 0.3) is 15.9 Å². The van der Waals surface area contributed by atoms with Crippen LogP contribution in [0.2, 0.25) is 5.02 Å². The Balaban J connectivity index is 1.74. The molecule has 0 amide bonds. The number of carbonyl (C=O) groups excluding carboxylic acids is 1. The van der Waals surface area contributed by atoms with Crippen molar-refractivity contribution in [3.8, 4) is 11.5 Å². The molecule has 0 radical (unpaired) electrons. The van der Waals surface area contributed by atoms with E-state index in [9.17, 15) is 4.79 Å². The molecule has 0 saturated carbocycles. The Kier molecular flexibility index (Phi) is 6.40. The van der Waals surface area contributed by atoms with Gasteiger partial charge in [0.15, 0.2) is 22.9 Å². The molecule has 0 aliphatic carbocycles. The predicted octanol–water partition coefficient (Wildman–Crippen LogP) is 6.61. The number of hydrogen-bond acceptors (Lipinski definition) is 5. The second-order valence-electron chi connectivity index (χ2n) is 7.51. The molecule has 4 rings (SSSR count). The van der Waals surface area contributed by atoms with Gasteiger partial charge in [0.1, 0.15) is 5.75 Å². The first-order valence-corrected chi connectivity index (χ1v) is 11.0. The van der Waals surface area contributed by atoms with Crippen molar-refractivity contribution in [1.82, 2.24) is 20.0 Å². The van der Waals surface area contributed by atoms with Gasteiger partial charge < -0.3 is 4.74 Å². The Morgan fingerprint density at radius 2 is 2.09 bits per heavy atom. The lowest BCUT2D eigenvalue weighted by molar-refractivity contribution is 0.0843. The number of carbonyl (C=O) groups is 1. The van der Waals surface area contributed by atoms with Gasteiger partial charge in [-0.2, -0.15) is 14.9 Å². The number of fused-ring (bicyclic) bond motifs is 1. The van der Waals surface area contributed by atoms with Crippen molar-refractivity contribution in [3.05, 3.63) is 80.6 Å². The lowest BCUT2D eigenvalue weighted by Crippen LogP contribution is -2.19. The summed E-state index contributed by atoms with van der Waals surface area (Å²) >= 11 is 9.36. The van der Waals surface area contributed by atoms with E-state index in [0.717, 1.165) is 0 Å². The van der Waals surface area contributed by atoms with Gasteiger partial charge in [-0.25, -0.2) is 9.24 Å². The van der Waals surface area contributed by atoms with E-state index in [0.29, 0.717) is 31.8 Å². The highest BCUT2D eigenvalue weighted by Crippen LogP contribution is 2.37. The maximum absolute atomic E-state index is 15.5. The van der Waals surface area contributed by atoms with Crippen LogP contribution in [0.4, 0.5) is 10.1 Å². The molecule has 0 aliphatic heterocycles. The summed E-state index contributed by atoms with van der Waals surface area (Å²) in [5.74, 6) is -0.951. The largest absolute Gasteiger partial charge is 0.454 e. The molecule has 0 fully saturated rings. The van der Waals surface area contributed by atoms with E-state index in [1.54, 1.807) is 32.0 Å². The fraction of sp³-hybridized carbons (Fsp3) is 0.174. The number of hydrogen-bond donors (Lipinski definition) is 0. The standard InChI is InChI=1S/C23H16BrClFN5O2/c1-12(2)23(32)31-22-17(6-7-28-29-22)19(30-31)8-13-4-5-18(24)21(20(13)26)33-16-10-14(25)9-15(11-16)27-3/h4-7,9-12H,8H2,1-2H3. The summed E-state index contributed by atoms with van der Waals surface area (Å²) in [7, 11) is 0. The third-order valence-electron chi connectivity index (χ3n) is 4.83. The lowest BCUT2D eigenvalue weighted by Gasteiger charge is -2.12. The summed E-state index contributed by atoms with van der Waals surface area (Å²) in [6.07, 6.45) is 1.59. The topological polar surface area (TPSA) is 74.3 Å². The van der Waals surface area contributed by atoms with Gasteiger partial charge in [0.05, 0.1) is 22.9 Å². The molecule has 2 aromatic heterocycles. The smallest absolute Gasteiger partial charge is 0.251 e. The van der Waals surface area contributed by atoms with Gasteiger partial charge in [-0.05, 0) is 51.8 Å². The molecule has 33 heavy (non-hydrogen) atoms. The number of halogens is 3. The quantitative estimate of drug-likeness (QED) is 0.272. The van der Waals surface area contributed by atoms with Gasteiger partial charge in [0.2, 0.25) is 0 Å². The molecule has 2 heterocycles. The molecule has 10 heteroatoms. The summed E-state index contributed by atoms with van der Waals surface area (Å²) in [4.78, 5) is 15.9. The van der Waals surface area contributed by atoms with E-state index >= 15 is 4.39 Å². The third-order valence-corrected chi connectivity index (χ3v) is 5.67. The second kappa shape index (κ2) is 9.25. The van der Waals surface area contributed by atoms with E-state index < -0.39 is 5.82 Å². The second-order valence-corrected chi connectivity index (χ2v) is 8.80. The maximum Gasteiger partial charge on any atom is 0.251 e. The zero-order valence-corrected chi connectivity index (χ0v) is 19.9. The monoisotopic (exact) mass is 527 g/mol. The summed E-state index contributed by atoms with van der Waals surface area (Å²) in [5.41, 5.74) is 1.39. The van der Waals surface area contributed by atoms with Crippen molar-refractivity contribution in [2.45, 2.75) is 20.3 Å². The van der Waals surface area contributed by atoms with Crippen molar-refractivity contribution < 1.29 is 13.9 Å². The summed E-state index contributed by atoms with van der Waals surface area (Å²) in [6, 6.07) is 9.43. The number of aromatic nitrogens is 4. The highest BCUT2D eigenvalue weighted by atomic mass is 79.9. The number of benzene rings is 2. The first-order valence-electron chi connectivity index (χ1n) is 9.84. The third kappa shape index (κ3) is 4.58. The minimum atomic E-state index is -0.603. The molecule has 0 saturated heterocycles. The molecule has 166 valence electrons. The van der Waals surface area contributed by atoms with Crippen molar-refractivity contribution in [3.63, 3.8) is 0 Å². The van der Waals surface area contributed by atoms with Crippen molar-refractivity contribution in [2.75, 3.05) is 0 Å². The molecule has 0 spiro atoms. The molecule has 0 bridgehead atoms. The van der Waals surface area contributed by atoms with Gasteiger partial charge >= 0.3 is 0 Å². The summed E-state index contributed by atoms with van der Waals surface area (Å²) < 4.78 is 22.9. The zero-order chi connectivity index (χ0) is 23.7. The maximum atomic E-state index is 15.5. The average molecular weight is 529 g/mol. The van der Waals surface area contributed by atoms with E-state index in [1.807, 2.05) is 0 Å². The first kappa shape index (κ1) is 22.8. The van der Waals surface area contributed by atoms with E-state index in [-0.39, 0.29) is 35.4 Å². The van der Waals surface area contributed by atoms with E-state index in [4.69, 9.17) is 22.9 Å². The highest BCUT2D eigenvalue weighted by Gasteiger charge is 2.22. The van der Waals surface area contributed by atoms with Gasteiger partial charge in [-0.15, -0.1) is 5.10 Å². The number of nitrogens with zero attached hydrogens (tertiary/aromatic N) is 5. The zero-order valence-electron chi connectivity index (χ0n) is 17.5. The molecule has 0 aliphatic rings. The first-order chi connectivity index (χ1) is 15.8. The minimum absolute atomic E-state index is 0.0486. The van der Waals surface area contributed by atoms with Crippen LogP contribution in [0.3, 0.4) is 0 Å². The fourth-order valence-corrected chi connectivity index (χ4v) is 3.84. The predicted molar refractivity (Wildman–Crippen MR) is 125 cm³/mol. The molecular formula is C23H16BrClFN5O2. The van der Waals surface area contributed by atoms with Gasteiger partial charge in [-0.1, -0.05) is 31.5 Å². The van der Waals surface area contributed by atoms with Crippen molar-refractivity contribution in [1.29, 1.82) is 0 Å². The van der Waals surface area contributed by atoms with Gasteiger partial charge in [0, 0.05) is 22.7 Å². The van der Waals surface area contributed by atoms with Crippen LogP contribution in [0.15, 0.2) is 47.1 Å². The van der Waals surface area contributed by atoms with Crippen LogP contribution in [0, 0.1) is 18.3 Å². The van der Waals surface area contributed by atoms with Crippen LogP contribution >= 0.6 is 27.5 Å². The highest BCUT2D eigenvalue weighted by molar-refractivity contribution is 9.10. The van der Waals surface area contributed by atoms with Crippen molar-refractivity contribution >= 4 is 50.2 Å². The normalized spacial score (nSPS) is 11.1. The van der Waals surface area contributed by atoms with Crippen LogP contribution in [0.5, 0.6) is 11.5 Å². The lowest BCUT2D eigenvalue weighted by atomic mass is 10.1. The minimum Gasteiger partial charge on any atom is -0.454 e. The molecule has 0 atom stereocenters. The Labute approximate surface area is 202 Å². The average Bonchev–Trinajstić information content (AvgIpc) is 3.16. The van der Waals surface area contributed by atoms with Crippen LogP contribution in [0.1, 0.15) is 29.9 Å². The Morgan fingerprint density at radius 1 is 1.30 bits per heavy atom. The summed E-state index contributed by atoms with van der Waals surface area (Å²) in [6.45, 7) is 10.7. The summed E-state index contributed by atoms with van der Waals surface area (Å²) in [5, 5.41) is 13.2. The molecular weight excluding hydrogens is 513 g/mol. The Morgan fingerprint density at radius 3 is 2.82 bits per heavy atom. The van der Waals surface area contributed by atoms with Gasteiger partial charge in [0.25, 0.3) is 5.91 Å². The van der Waals surface area contributed by atoms with Gasteiger partial charge in [-0.3, -0.25) is 4.79 Å². The SMILES string of the molecule is [C-]#[N+]c1cc(Cl)cc(Oc2c(Br)ccc(Cc3nn(C(=O)C(C)C)c4nnccc34)c2F)c1. The van der Waals surface area contributed by atoms with Crippen LogP contribution in [-0.4, -0.2) is 25.9 Å². The number of ether oxygens (including phenoxy) is 1. The molecule has 0 N–H and O–H groups in total. The Hall–Kier alpha value is -3.35. The van der Waals surface area contributed by atoms with E-state index in [1.165, 1.54) is 29.1 Å². The van der Waals surface area contributed by atoms with E-state index in [2.05, 4.69) is 36.1 Å². The molecule has 0 unspecified atom stereocenters. The van der Waals surface area contributed by atoms with Crippen molar-refractivity contribution in [2.24, 2.45) is 5.92 Å². The molecule has 2 aromatic carbocycles. The Bertz CT molecular complexity index is 1430. The number of rotatable bonds is 5. The van der Waals surface area contributed by atoms with Crippen LogP contribution < -0.4 is 4.74 Å². The van der Waals surface area contributed by atoms with Crippen LogP contribution in [-0.2, 0) is 6.42 Å². The molecule has 7 nitrogen and oxygen atoms in total.